The van der Waals surface area contributed by atoms with Crippen molar-refractivity contribution in [3.8, 4) is 0 Å². The van der Waals surface area contributed by atoms with Gasteiger partial charge in [-0.15, -0.1) is 0 Å². The molecule has 0 aliphatic carbocycles. The van der Waals surface area contributed by atoms with Crippen molar-refractivity contribution in [1.82, 2.24) is 10.2 Å². The molecule has 1 aliphatic heterocycles. The van der Waals surface area contributed by atoms with Crippen LogP contribution in [-0.4, -0.2) is 30.2 Å². The number of nitrogens with one attached hydrogen (secondary N) is 1. The summed E-state index contributed by atoms with van der Waals surface area (Å²) in [5.74, 6) is -0.200. The van der Waals surface area contributed by atoms with Gasteiger partial charge in [-0.05, 0) is 49.2 Å². The predicted octanol–water partition coefficient (Wildman–Crippen LogP) is 2.91. The van der Waals surface area contributed by atoms with Gasteiger partial charge in [0.1, 0.15) is 5.82 Å². The highest BCUT2D eigenvalue weighted by Gasteiger charge is 2.20. The van der Waals surface area contributed by atoms with Gasteiger partial charge in [0.15, 0.2) is 0 Å². The van der Waals surface area contributed by atoms with Crippen LogP contribution in [0, 0.1) is 5.82 Å². The number of hydrogen-bond acceptors (Lipinski definition) is 3. The van der Waals surface area contributed by atoms with Gasteiger partial charge >= 0.3 is 0 Å². The van der Waals surface area contributed by atoms with E-state index in [9.17, 15) is 4.39 Å². The fourth-order valence-corrected chi connectivity index (χ4v) is 3.38. The molecule has 0 radical (unpaired) electrons. The summed E-state index contributed by atoms with van der Waals surface area (Å²) < 4.78 is 13.2. The quantitative estimate of drug-likeness (QED) is 0.802. The summed E-state index contributed by atoms with van der Waals surface area (Å²) in [6, 6.07) is 17.7. The van der Waals surface area contributed by atoms with Gasteiger partial charge in [0.25, 0.3) is 0 Å². The number of likely N-dealkylation sites (tertiary alicyclic amines) is 1. The van der Waals surface area contributed by atoms with Crippen molar-refractivity contribution in [2.75, 3.05) is 13.1 Å². The molecule has 2 aromatic carbocycles. The van der Waals surface area contributed by atoms with E-state index in [0.717, 1.165) is 38.0 Å². The number of piperidine rings is 1. The first-order valence-electron chi connectivity index (χ1n) is 8.71. The Morgan fingerprint density at radius 3 is 2.46 bits per heavy atom. The lowest BCUT2D eigenvalue weighted by molar-refractivity contribution is 0.184. The lowest BCUT2D eigenvalue weighted by atomic mass is 10.0. The average molecular weight is 327 g/mol. The molecule has 4 heteroatoms. The first kappa shape index (κ1) is 17.1. The molecule has 1 saturated heterocycles. The summed E-state index contributed by atoms with van der Waals surface area (Å²) in [7, 11) is 0. The Kier molecular flexibility index (Phi) is 5.96. The Morgan fingerprint density at radius 2 is 1.75 bits per heavy atom. The normalized spacial score (nSPS) is 17.8. The molecule has 24 heavy (non-hydrogen) atoms. The number of halogens is 1. The molecular weight excluding hydrogens is 301 g/mol. The van der Waals surface area contributed by atoms with Crippen molar-refractivity contribution in [2.24, 2.45) is 5.73 Å². The molecule has 2 aromatic rings. The van der Waals surface area contributed by atoms with Crippen molar-refractivity contribution in [3.63, 3.8) is 0 Å². The number of nitrogens with two attached hydrogens (primary N) is 1. The van der Waals surface area contributed by atoms with Crippen LogP contribution in [0.25, 0.3) is 0 Å². The summed E-state index contributed by atoms with van der Waals surface area (Å²) in [6.45, 7) is 3.18. The molecule has 0 amide bonds. The number of rotatable bonds is 6. The minimum Gasteiger partial charge on any atom is -0.316 e. The van der Waals surface area contributed by atoms with Gasteiger partial charge in [-0.25, -0.2) is 4.39 Å². The molecule has 1 unspecified atom stereocenters. The first-order chi connectivity index (χ1) is 11.7. The molecule has 128 valence electrons. The fourth-order valence-electron chi connectivity index (χ4n) is 3.38. The Morgan fingerprint density at radius 1 is 1.04 bits per heavy atom. The van der Waals surface area contributed by atoms with Crippen LogP contribution in [0.5, 0.6) is 0 Å². The number of nitrogens with zero attached hydrogens (tertiary/aromatic N) is 1. The van der Waals surface area contributed by atoms with Gasteiger partial charge in [-0.2, -0.15) is 0 Å². The largest absolute Gasteiger partial charge is 0.316 e. The summed E-state index contributed by atoms with van der Waals surface area (Å²) >= 11 is 0. The van der Waals surface area contributed by atoms with E-state index >= 15 is 0 Å². The summed E-state index contributed by atoms with van der Waals surface area (Å²) in [5, 5.41) is 3.50. The Hall–Kier alpha value is -1.75. The van der Waals surface area contributed by atoms with Crippen LogP contribution < -0.4 is 11.1 Å². The van der Waals surface area contributed by atoms with Crippen molar-refractivity contribution in [2.45, 2.75) is 38.0 Å². The molecule has 1 fully saturated rings. The van der Waals surface area contributed by atoms with Gasteiger partial charge in [0.05, 0.1) is 6.17 Å². The number of hydrogen-bond donors (Lipinski definition) is 2. The zero-order chi connectivity index (χ0) is 16.8. The maximum absolute atomic E-state index is 13.2. The van der Waals surface area contributed by atoms with Crippen molar-refractivity contribution < 1.29 is 4.39 Å². The van der Waals surface area contributed by atoms with E-state index < -0.39 is 0 Å². The SMILES string of the molecule is NC(Cc1cccc(F)c1)NC1CCN(Cc2ccccc2)CC1. The number of benzene rings is 2. The van der Waals surface area contributed by atoms with E-state index in [2.05, 4.69) is 40.5 Å². The minimum absolute atomic E-state index is 0.127. The van der Waals surface area contributed by atoms with E-state index in [1.165, 1.54) is 11.6 Å². The Labute approximate surface area is 143 Å². The third kappa shape index (κ3) is 5.13. The smallest absolute Gasteiger partial charge is 0.123 e. The van der Waals surface area contributed by atoms with Crippen LogP contribution in [0.3, 0.4) is 0 Å². The second-order valence-corrected chi connectivity index (χ2v) is 6.64. The lowest BCUT2D eigenvalue weighted by Gasteiger charge is -2.34. The van der Waals surface area contributed by atoms with E-state index in [-0.39, 0.29) is 12.0 Å². The standard InChI is InChI=1S/C20H26FN3/c21-18-8-4-7-17(13-18)14-20(22)23-19-9-11-24(12-10-19)15-16-5-2-1-3-6-16/h1-8,13,19-20,23H,9-12,14-15,22H2. The molecular formula is C20H26FN3. The van der Waals surface area contributed by atoms with Crippen LogP contribution in [0.15, 0.2) is 54.6 Å². The van der Waals surface area contributed by atoms with Crippen molar-refractivity contribution in [1.29, 1.82) is 0 Å². The van der Waals surface area contributed by atoms with Crippen LogP contribution in [0.1, 0.15) is 24.0 Å². The van der Waals surface area contributed by atoms with Gasteiger partial charge in [-0.1, -0.05) is 42.5 Å². The highest BCUT2D eigenvalue weighted by molar-refractivity contribution is 5.17. The van der Waals surface area contributed by atoms with E-state index in [4.69, 9.17) is 5.73 Å². The fraction of sp³-hybridized carbons (Fsp3) is 0.400. The van der Waals surface area contributed by atoms with E-state index in [0.29, 0.717) is 12.5 Å². The van der Waals surface area contributed by atoms with Crippen LogP contribution in [-0.2, 0) is 13.0 Å². The van der Waals surface area contributed by atoms with Gasteiger partial charge in [0, 0.05) is 19.0 Å². The minimum atomic E-state index is -0.200. The summed E-state index contributed by atoms with van der Waals surface area (Å²) in [6.07, 6.45) is 2.73. The van der Waals surface area contributed by atoms with Gasteiger partial charge < -0.3 is 5.73 Å². The van der Waals surface area contributed by atoms with E-state index in [1.54, 1.807) is 12.1 Å². The zero-order valence-electron chi connectivity index (χ0n) is 14.0. The van der Waals surface area contributed by atoms with E-state index in [1.807, 2.05) is 6.07 Å². The van der Waals surface area contributed by atoms with Crippen LogP contribution in [0.2, 0.25) is 0 Å². The van der Waals surface area contributed by atoms with Gasteiger partial charge in [0.2, 0.25) is 0 Å². The summed E-state index contributed by atoms with van der Waals surface area (Å²) in [5.41, 5.74) is 8.51. The highest BCUT2D eigenvalue weighted by atomic mass is 19.1. The molecule has 3 rings (SSSR count). The molecule has 0 bridgehead atoms. The van der Waals surface area contributed by atoms with Gasteiger partial charge in [-0.3, -0.25) is 10.2 Å². The molecule has 1 atom stereocenters. The molecule has 0 spiro atoms. The van der Waals surface area contributed by atoms with Crippen molar-refractivity contribution >= 4 is 0 Å². The second kappa shape index (κ2) is 8.38. The Balaban J connectivity index is 1.42. The third-order valence-corrected chi connectivity index (χ3v) is 4.63. The van der Waals surface area contributed by atoms with Crippen LogP contribution >= 0.6 is 0 Å². The third-order valence-electron chi connectivity index (χ3n) is 4.63. The topological polar surface area (TPSA) is 41.3 Å². The highest BCUT2D eigenvalue weighted by Crippen LogP contribution is 2.14. The lowest BCUT2D eigenvalue weighted by Crippen LogP contribution is -2.50. The maximum Gasteiger partial charge on any atom is 0.123 e. The second-order valence-electron chi connectivity index (χ2n) is 6.64. The summed E-state index contributed by atoms with van der Waals surface area (Å²) in [4.78, 5) is 2.49. The van der Waals surface area contributed by atoms with Crippen LogP contribution in [0.4, 0.5) is 4.39 Å². The molecule has 0 aromatic heterocycles. The van der Waals surface area contributed by atoms with Crippen molar-refractivity contribution in [3.05, 3.63) is 71.5 Å². The predicted molar refractivity (Wildman–Crippen MR) is 96.0 cm³/mol. The molecule has 1 heterocycles. The average Bonchev–Trinajstić information content (AvgIpc) is 2.57. The zero-order valence-corrected chi connectivity index (χ0v) is 14.0. The first-order valence-corrected chi connectivity index (χ1v) is 8.71. The molecule has 1 aliphatic rings. The Bertz CT molecular complexity index is 624. The maximum atomic E-state index is 13.2. The monoisotopic (exact) mass is 327 g/mol. The molecule has 0 saturated carbocycles. The molecule has 3 nitrogen and oxygen atoms in total. The molecule has 3 N–H and O–H groups in total.